The summed E-state index contributed by atoms with van der Waals surface area (Å²) >= 11 is 0. The Morgan fingerprint density at radius 2 is 2.33 bits per heavy atom. The van der Waals surface area contributed by atoms with Crippen LogP contribution in [0.4, 0.5) is 0 Å². The summed E-state index contributed by atoms with van der Waals surface area (Å²) in [6.07, 6.45) is 1.37. The molecule has 15 heavy (non-hydrogen) atoms. The standard InChI is InChI=1S/C10H7N3O2/c1-15-8-3-2-7-9(13-8)10(14)6(4-11)5-12-7/h2-3,5H,1H3,(H,12,14). The van der Waals surface area contributed by atoms with Crippen molar-refractivity contribution >= 4 is 11.0 Å². The number of nitrogens with zero attached hydrogens (tertiary/aromatic N) is 2. The van der Waals surface area contributed by atoms with Gasteiger partial charge in [0.05, 0.1) is 12.6 Å². The van der Waals surface area contributed by atoms with E-state index in [1.54, 1.807) is 18.2 Å². The molecule has 1 N–H and O–H groups in total. The van der Waals surface area contributed by atoms with E-state index in [1.807, 2.05) is 0 Å². The molecular formula is C10H7N3O2. The fraction of sp³-hybridized carbons (Fsp3) is 0.100. The molecule has 0 aliphatic rings. The van der Waals surface area contributed by atoms with Gasteiger partial charge in [-0.25, -0.2) is 4.98 Å². The van der Waals surface area contributed by atoms with Crippen molar-refractivity contribution in [3.63, 3.8) is 0 Å². The van der Waals surface area contributed by atoms with Crippen molar-refractivity contribution in [3.8, 4) is 11.9 Å². The number of H-pyrrole nitrogens is 1. The number of nitriles is 1. The van der Waals surface area contributed by atoms with E-state index in [2.05, 4.69) is 9.97 Å². The maximum absolute atomic E-state index is 11.7. The molecule has 0 saturated heterocycles. The molecule has 0 aliphatic heterocycles. The summed E-state index contributed by atoms with van der Waals surface area (Å²) in [7, 11) is 1.47. The molecule has 2 aromatic rings. The molecule has 0 saturated carbocycles. The molecule has 2 aromatic heterocycles. The molecule has 0 aliphatic carbocycles. The van der Waals surface area contributed by atoms with Crippen LogP contribution < -0.4 is 10.2 Å². The number of pyridine rings is 2. The Bertz CT molecular complexity index is 610. The maximum atomic E-state index is 11.7. The van der Waals surface area contributed by atoms with Crippen LogP contribution in [0.5, 0.6) is 5.88 Å². The molecule has 0 amide bonds. The van der Waals surface area contributed by atoms with Crippen molar-refractivity contribution in [2.24, 2.45) is 0 Å². The summed E-state index contributed by atoms with van der Waals surface area (Å²) in [4.78, 5) is 18.5. The minimum absolute atomic E-state index is 0.0447. The normalized spacial score (nSPS) is 9.87. The average molecular weight is 201 g/mol. The van der Waals surface area contributed by atoms with E-state index in [4.69, 9.17) is 10.00 Å². The zero-order valence-corrected chi connectivity index (χ0v) is 7.94. The van der Waals surface area contributed by atoms with E-state index in [0.29, 0.717) is 11.4 Å². The molecule has 5 heteroatoms. The van der Waals surface area contributed by atoms with Crippen LogP contribution in [0.25, 0.3) is 11.0 Å². The van der Waals surface area contributed by atoms with Gasteiger partial charge in [-0.1, -0.05) is 0 Å². The van der Waals surface area contributed by atoms with Gasteiger partial charge in [-0.2, -0.15) is 5.26 Å². The molecule has 0 bridgehead atoms. The molecule has 0 aromatic carbocycles. The highest BCUT2D eigenvalue weighted by Crippen LogP contribution is 2.11. The fourth-order valence-electron chi connectivity index (χ4n) is 1.27. The average Bonchev–Trinajstić information content (AvgIpc) is 2.29. The quantitative estimate of drug-likeness (QED) is 0.740. The molecule has 0 radical (unpaired) electrons. The topological polar surface area (TPSA) is 78.8 Å². The second-order valence-electron chi connectivity index (χ2n) is 2.89. The van der Waals surface area contributed by atoms with E-state index in [1.165, 1.54) is 13.3 Å². The Morgan fingerprint density at radius 1 is 1.53 bits per heavy atom. The Morgan fingerprint density at radius 3 is 3.00 bits per heavy atom. The molecule has 2 rings (SSSR count). The molecule has 74 valence electrons. The van der Waals surface area contributed by atoms with Gasteiger partial charge in [-0.15, -0.1) is 0 Å². The van der Waals surface area contributed by atoms with Gasteiger partial charge in [0.25, 0.3) is 0 Å². The predicted octanol–water partition coefficient (Wildman–Crippen LogP) is 0.803. The Hall–Kier alpha value is -2.35. The van der Waals surface area contributed by atoms with Crippen molar-refractivity contribution in [3.05, 3.63) is 34.1 Å². The minimum Gasteiger partial charge on any atom is -0.481 e. The molecule has 0 spiro atoms. The Kier molecular flexibility index (Phi) is 2.10. The fourth-order valence-corrected chi connectivity index (χ4v) is 1.27. The largest absolute Gasteiger partial charge is 0.481 e. The first-order chi connectivity index (χ1) is 7.26. The number of rotatable bonds is 1. The zero-order valence-electron chi connectivity index (χ0n) is 7.94. The van der Waals surface area contributed by atoms with Crippen LogP contribution in [0.1, 0.15) is 5.56 Å². The Balaban J connectivity index is 2.85. The molecular weight excluding hydrogens is 194 g/mol. The van der Waals surface area contributed by atoms with Gasteiger partial charge < -0.3 is 9.72 Å². The van der Waals surface area contributed by atoms with E-state index in [9.17, 15) is 4.79 Å². The van der Waals surface area contributed by atoms with Gasteiger partial charge in [0, 0.05) is 12.3 Å². The number of fused-ring (bicyclic) bond motifs is 1. The molecule has 2 heterocycles. The van der Waals surface area contributed by atoms with E-state index in [0.717, 1.165) is 0 Å². The summed E-state index contributed by atoms with van der Waals surface area (Å²) in [6.45, 7) is 0. The van der Waals surface area contributed by atoms with Gasteiger partial charge in [-0.3, -0.25) is 4.79 Å². The van der Waals surface area contributed by atoms with E-state index < -0.39 is 0 Å². The zero-order chi connectivity index (χ0) is 10.8. The third-order valence-corrected chi connectivity index (χ3v) is 2.03. The van der Waals surface area contributed by atoms with Crippen molar-refractivity contribution in [1.29, 1.82) is 5.26 Å². The lowest BCUT2D eigenvalue weighted by molar-refractivity contribution is 0.399. The second-order valence-corrected chi connectivity index (χ2v) is 2.89. The number of hydrogen-bond acceptors (Lipinski definition) is 4. The summed E-state index contributed by atoms with van der Waals surface area (Å²) in [5.74, 6) is 0.350. The highest BCUT2D eigenvalue weighted by molar-refractivity contribution is 5.75. The van der Waals surface area contributed by atoms with Gasteiger partial charge in [0.15, 0.2) is 0 Å². The Labute approximate surface area is 84.9 Å². The number of methoxy groups -OCH3 is 1. The highest BCUT2D eigenvalue weighted by atomic mass is 16.5. The molecule has 0 fully saturated rings. The SMILES string of the molecule is COc1ccc2[nH]cc(C#N)c(=O)c2n1. The lowest BCUT2D eigenvalue weighted by Gasteiger charge is -2.00. The van der Waals surface area contributed by atoms with Crippen molar-refractivity contribution in [2.45, 2.75) is 0 Å². The summed E-state index contributed by atoms with van der Waals surface area (Å²) in [6, 6.07) is 5.13. The number of hydrogen-bond donors (Lipinski definition) is 1. The number of aromatic amines is 1. The first-order valence-electron chi connectivity index (χ1n) is 4.23. The summed E-state index contributed by atoms with van der Waals surface area (Å²) < 4.78 is 4.90. The van der Waals surface area contributed by atoms with Crippen LogP contribution in [-0.4, -0.2) is 17.1 Å². The smallest absolute Gasteiger partial charge is 0.225 e. The van der Waals surface area contributed by atoms with Crippen LogP contribution in [0.15, 0.2) is 23.1 Å². The summed E-state index contributed by atoms with van der Waals surface area (Å²) in [5, 5.41) is 8.68. The van der Waals surface area contributed by atoms with Crippen molar-refractivity contribution < 1.29 is 4.74 Å². The predicted molar refractivity (Wildman–Crippen MR) is 53.6 cm³/mol. The van der Waals surface area contributed by atoms with E-state index >= 15 is 0 Å². The lowest BCUT2D eigenvalue weighted by atomic mass is 10.2. The number of nitrogens with one attached hydrogen (secondary N) is 1. The van der Waals surface area contributed by atoms with Crippen LogP contribution >= 0.6 is 0 Å². The summed E-state index contributed by atoms with van der Waals surface area (Å²) in [5.41, 5.74) is 0.460. The third-order valence-electron chi connectivity index (χ3n) is 2.03. The minimum atomic E-state index is -0.384. The van der Waals surface area contributed by atoms with Crippen molar-refractivity contribution in [2.75, 3.05) is 7.11 Å². The van der Waals surface area contributed by atoms with Gasteiger partial charge in [0.2, 0.25) is 11.3 Å². The van der Waals surface area contributed by atoms with Gasteiger partial charge >= 0.3 is 0 Å². The van der Waals surface area contributed by atoms with Gasteiger partial charge in [0.1, 0.15) is 17.1 Å². The lowest BCUT2D eigenvalue weighted by Crippen LogP contribution is -2.09. The van der Waals surface area contributed by atoms with Crippen LogP contribution in [-0.2, 0) is 0 Å². The monoisotopic (exact) mass is 201 g/mol. The maximum Gasteiger partial charge on any atom is 0.225 e. The molecule has 0 unspecified atom stereocenters. The van der Waals surface area contributed by atoms with Crippen LogP contribution in [0.3, 0.4) is 0 Å². The van der Waals surface area contributed by atoms with Crippen LogP contribution in [0.2, 0.25) is 0 Å². The molecule has 0 atom stereocenters. The van der Waals surface area contributed by atoms with Crippen LogP contribution in [0, 0.1) is 11.3 Å². The van der Waals surface area contributed by atoms with Crippen molar-refractivity contribution in [1.82, 2.24) is 9.97 Å². The van der Waals surface area contributed by atoms with Gasteiger partial charge in [-0.05, 0) is 6.07 Å². The first kappa shape index (κ1) is 9.21. The number of ether oxygens (including phenoxy) is 1. The highest BCUT2D eigenvalue weighted by Gasteiger charge is 2.06. The molecule has 5 nitrogen and oxygen atoms in total. The van der Waals surface area contributed by atoms with E-state index in [-0.39, 0.29) is 16.5 Å². The third kappa shape index (κ3) is 1.42. The first-order valence-corrected chi connectivity index (χ1v) is 4.23. The number of aromatic nitrogens is 2. The second kappa shape index (κ2) is 3.42.